The number of rotatable bonds is 4. The number of hydrogen-bond acceptors (Lipinski definition) is 2. The van der Waals surface area contributed by atoms with E-state index in [9.17, 15) is 0 Å². The van der Waals surface area contributed by atoms with Gasteiger partial charge in [0.15, 0.2) is 5.96 Å². The zero-order valence-corrected chi connectivity index (χ0v) is 14.4. The Morgan fingerprint density at radius 2 is 1.94 bits per heavy atom. The molecule has 0 saturated heterocycles. The van der Waals surface area contributed by atoms with Gasteiger partial charge in [0.2, 0.25) is 0 Å². The fourth-order valence-corrected chi connectivity index (χ4v) is 3.62. The summed E-state index contributed by atoms with van der Waals surface area (Å²) >= 11 is 1.96. The van der Waals surface area contributed by atoms with Crippen molar-refractivity contribution in [3.63, 3.8) is 0 Å². The van der Waals surface area contributed by atoms with E-state index >= 15 is 0 Å². The van der Waals surface area contributed by atoms with Gasteiger partial charge in [-0.25, -0.2) is 0 Å². The fourth-order valence-electron chi connectivity index (χ4n) is 2.73. The van der Waals surface area contributed by atoms with Gasteiger partial charge in [-0.2, -0.15) is 11.8 Å². The highest BCUT2D eigenvalue weighted by atomic mass is 127. The summed E-state index contributed by atoms with van der Waals surface area (Å²) in [4.78, 5) is 4.55. The van der Waals surface area contributed by atoms with Gasteiger partial charge in [-0.3, -0.25) is 4.99 Å². The van der Waals surface area contributed by atoms with Gasteiger partial charge in [-0.05, 0) is 31.9 Å². The highest BCUT2D eigenvalue weighted by Gasteiger charge is 2.35. The van der Waals surface area contributed by atoms with Crippen LogP contribution in [0.3, 0.4) is 0 Å². The molecule has 0 aromatic heterocycles. The van der Waals surface area contributed by atoms with Gasteiger partial charge in [0, 0.05) is 10.8 Å². The van der Waals surface area contributed by atoms with Crippen LogP contribution in [-0.4, -0.2) is 29.5 Å². The monoisotopic (exact) mass is 383 g/mol. The molecule has 2 aliphatic rings. The quantitative estimate of drug-likeness (QED) is 0.446. The first-order valence-electron chi connectivity index (χ1n) is 6.86. The van der Waals surface area contributed by atoms with Gasteiger partial charge in [-0.15, -0.1) is 24.0 Å². The van der Waals surface area contributed by atoms with Crippen LogP contribution >= 0.6 is 35.7 Å². The lowest BCUT2D eigenvalue weighted by molar-refractivity contribution is 0.371. The van der Waals surface area contributed by atoms with E-state index < -0.39 is 0 Å². The fraction of sp³-hybridized carbons (Fsp3) is 0.923. The molecule has 5 heteroatoms. The first-order chi connectivity index (χ1) is 8.24. The minimum atomic E-state index is 0. The molecule has 0 unspecified atom stereocenters. The SMILES string of the molecule is CSC1(CN=C(N)NC2CCCCC2)CCC1.I. The summed E-state index contributed by atoms with van der Waals surface area (Å²) in [7, 11) is 0. The predicted molar refractivity (Wildman–Crippen MR) is 92.0 cm³/mol. The molecule has 106 valence electrons. The summed E-state index contributed by atoms with van der Waals surface area (Å²) in [5.74, 6) is 0.664. The number of thioether (sulfide) groups is 1. The van der Waals surface area contributed by atoms with Gasteiger partial charge in [0.1, 0.15) is 0 Å². The maximum absolute atomic E-state index is 5.97. The highest BCUT2D eigenvalue weighted by Crippen LogP contribution is 2.42. The molecule has 2 saturated carbocycles. The van der Waals surface area contributed by atoms with E-state index in [1.807, 2.05) is 11.8 Å². The summed E-state index contributed by atoms with van der Waals surface area (Å²) in [6.07, 6.45) is 12.7. The second-order valence-electron chi connectivity index (χ2n) is 5.42. The Balaban J connectivity index is 0.00000162. The van der Waals surface area contributed by atoms with Crippen LogP contribution < -0.4 is 11.1 Å². The number of hydrogen-bond donors (Lipinski definition) is 2. The number of halogens is 1. The Morgan fingerprint density at radius 1 is 1.28 bits per heavy atom. The van der Waals surface area contributed by atoms with Crippen LogP contribution in [0.15, 0.2) is 4.99 Å². The zero-order valence-electron chi connectivity index (χ0n) is 11.3. The van der Waals surface area contributed by atoms with Crippen molar-refractivity contribution in [3.05, 3.63) is 0 Å². The normalized spacial score (nSPS) is 23.9. The summed E-state index contributed by atoms with van der Waals surface area (Å²) in [6.45, 7) is 0.889. The van der Waals surface area contributed by atoms with E-state index in [1.165, 1.54) is 51.4 Å². The maximum atomic E-state index is 5.97. The molecule has 2 fully saturated rings. The number of nitrogens with one attached hydrogen (secondary N) is 1. The smallest absolute Gasteiger partial charge is 0.188 e. The number of nitrogens with zero attached hydrogens (tertiary/aromatic N) is 1. The summed E-state index contributed by atoms with van der Waals surface area (Å²) in [6, 6.07) is 0.569. The van der Waals surface area contributed by atoms with Crippen molar-refractivity contribution >= 4 is 41.7 Å². The summed E-state index contributed by atoms with van der Waals surface area (Å²) in [5.41, 5.74) is 5.97. The largest absolute Gasteiger partial charge is 0.370 e. The summed E-state index contributed by atoms with van der Waals surface area (Å²) in [5, 5.41) is 3.38. The second kappa shape index (κ2) is 7.82. The molecule has 3 nitrogen and oxygen atoms in total. The van der Waals surface area contributed by atoms with E-state index in [0.717, 1.165) is 6.54 Å². The molecule has 0 atom stereocenters. The topological polar surface area (TPSA) is 50.4 Å². The van der Waals surface area contributed by atoms with Crippen molar-refractivity contribution in [2.45, 2.75) is 62.2 Å². The molecule has 0 bridgehead atoms. The molecule has 0 aromatic rings. The molecule has 0 heterocycles. The van der Waals surface area contributed by atoms with E-state index in [1.54, 1.807) is 0 Å². The molecule has 3 N–H and O–H groups in total. The molecular weight excluding hydrogens is 357 g/mol. The first-order valence-corrected chi connectivity index (χ1v) is 8.08. The van der Waals surface area contributed by atoms with E-state index in [2.05, 4.69) is 16.6 Å². The number of guanidine groups is 1. The molecule has 0 aliphatic heterocycles. The van der Waals surface area contributed by atoms with Crippen LogP contribution in [0, 0.1) is 0 Å². The van der Waals surface area contributed by atoms with Gasteiger partial charge in [-0.1, -0.05) is 25.7 Å². The van der Waals surface area contributed by atoms with Gasteiger partial charge in [0.05, 0.1) is 6.54 Å². The third-order valence-electron chi connectivity index (χ3n) is 4.19. The average Bonchev–Trinajstić information content (AvgIpc) is 2.29. The van der Waals surface area contributed by atoms with E-state index in [0.29, 0.717) is 16.7 Å². The Kier molecular flexibility index (Phi) is 7.13. The van der Waals surface area contributed by atoms with Crippen LogP contribution in [-0.2, 0) is 0 Å². The van der Waals surface area contributed by atoms with Crippen LogP contribution in [0.25, 0.3) is 0 Å². The molecule has 0 aromatic carbocycles. The van der Waals surface area contributed by atoms with Crippen molar-refractivity contribution in [3.8, 4) is 0 Å². The lowest BCUT2D eigenvalue weighted by Gasteiger charge is -2.39. The molecule has 2 aliphatic carbocycles. The third-order valence-corrected chi connectivity index (χ3v) is 5.60. The molecule has 0 amide bonds. The Hall–Kier alpha value is 0.350. The Labute approximate surface area is 132 Å². The molecular formula is C13H26IN3S. The minimum absolute atomic E-state index is 0. The van der Waals surface area contributed by atoms with Crippen LogP contribution in [0.1, 0.15) is 51.4 Å². The van der Waals surface area contributed by atoms with Crippen molar-refractivity contribution < 1.29 is 0 Å². The third kappa shape index (κ3) is 4.47. The predicted octanol–water partition coefficient (Wildman–Crippen LogP) is 3.13. The van der Waals surface area contributed by atoms with Gasteiger partial charge in [0.25, 0.3) is 0 Å². The number of aliphatic imine (C=N–C) groups is 1. The van der Waals surface area contributed by atoms with Crippen LogP contribution in [0.5, 0.6) is 0 Å². The molecule has 0 radical (unpaired) electrons. The van der Waals surface area contributed by atoms with E-state index in [4.69, 9.17) is 5.73 Å². The lowest BCUT2D eigenvalue weighted by atomic mass is 9.84. The second-order valence-corrected chi connectivity index (χ2v) is 6.70. The first kappa shape index (κ1) is 16.4. The van der Waals surface area contributed by atoms with Crippen molar-refractivity contribution in [1.82, 2.24) is 5.32 Å². The average molecular weight is 383 g/mol. The molecule has 18 heavy (non-hydrogen) atoms. The van der Waals surface area contributed by atoms with E-state index in [-0.39, 0.29) is 24.0 Å². The Morgan fingerprint density at radius 3 is 2.44 bits per heavy atom. The van der Waals surface area contributed by atoms with Crippen molar-refractivity contribution in [2.75, 3.05) is 12.8 Å². The lowest BCUT2D eigenvalue weighted by Crippen LogP contribution is -2.43. The standard InChI is InChI=1S/C13H25N3S.HI/c1-17-13(8-5-9-13)10-15-12(14)16-11-6-3-2-4-7-11;/h11H,2-10H2,1H3,(H3,14,15,16);1H. The zero-order chi connectivity index (χ0) is 12.1. The van der Waals surface area contributed by atoms with Crippen molar-refractivity contribution in [2.24, 2.45) is 10.7 Å². The van der Waals surface area contributed by atoms with Crippen LogP contribution in [0.2, 0.25) is 0 Å². The molecule has 0 spiro atoms. The number of nitrogens with two attached hydrogens (primary N) is 1. The minimum Gasteiger partial charge on any atom is -0.370 e. The summed E-state index contributed by atoms with van der Waals surface area (Å²) < 4.78 is 0.402. The highest BCUT2D eigenvalue weighted by molar-refractivity contribution is 14.0. The Bertz CT molecular complexity index is 268. The van der Waals surface area contributed by atoms with Gasteiger partial charge < -0.3 is 11.1 Å². The van der Waals surface area contributed by atoms with Gasteiger partial charge >= 0.3 is 0 Å². The van der Waals surface area contributed by atoms with Crippen LogP contribution in [0.4, 0.5) is 0 Å². The maximum Gasteiger partial charge on any atom is 0.188 e. The molecule has 2 rings (SSSR count). The van der Waals surface area contributed by atoms with Crippen molar-refractivity contribution in [1.29, 1.82) is 0 Å².